The Morgan fingerprint density at radius 2 is 2.04 bits per heavy atom. The largest absolute Gasteiger partial charge is 0.447 e. The maximum atomic E-state index is 11.8. The van der Waals surface area contributed by atoms with Crippen LogP contribution in [-0.2, 0) is 21.3 Å². The normalized spacial score (nSPS) is 16.3. The summed E-state index contributed by atoms with van der Waals surface area (Å²) in [5, 5.41) is 3.10. The molecule has 1 aliphatic heterocycles. The van der Waals surface area contributed by atoms with E-state index in [2.05, 4.69) is 10.0 Å². The van der Waals surface area contributed by atoms with Gasteiger partial charge in [-0.2, -0.15) is 0 Å². The Kier molecular flexibility index (Phi) is 5.02. The van der Waals surface area contributed by atoms with E-state index in [1.54, 1.807) is 11.0 Å². The predicted molar refractivity (Wildman–Crippen MR) is 83.4 cm³/mol. The topological polar surface area (TPSA) is 101 Å². The molecule has 9 heteroatoms. The summed E-state index contributed by atoms with van der Waals surface area (Å²) < 4.78 is 35.9. The lowest BCUT2D eigenvalue weighted by Crippen LogP contribution is -2.60. The van der Waals surface area contributed by atoms with Gasteiger partial charge in [0.05, 0.1) is 6.54 Å². The van der Waals surface area contributed by atoms with Crippen LogP contribution < -0.4 is 10.0 Å². The monoisotopic (exact) mass is 345 g/mol. The molecule has 0 aliphatic carbocycles. The Balaban J connectivity index is 1.76. The lowest BCUT2D eigenvalue weighted by Gasteiger charge is -2.40. The molecular formula is C14H23N3O5S. The Bertz CT molecular complexity index is 656. The summed E-state index contributed by atoms with van der Waals surface area (Å²) in [6.07, 6.45) is -0.323. The summed E-state index contributed by atoms with van der Waals surface area (Å²) >= 11 is 0. The molecule has 1 aliphatic rings. The molecule has 0 radical (unpaired) electrons. The second-order valence-electron chi connectivity index (χ2n) is 6.39. The minimum absolute atomic E-state index is 0.110. The summed E-state index contributed by atoms with van der Waals surface area (Å²) in [6.45, 7) is 6.98. The van der Waals surface area contributed by atoms with Gasteiger partial charge in [-0.3, -0.25) is 0 Å². The standard InChI is InChI=1S/C14H23N3O5S/c1-14(2,3)22-13(18)17-8-10(9-17)16-7-11-5-6-12(21-11)23(19,20)15-4/h5-6,10,15-16H,7-9H2,1-4H3. The van der Waals surface area contributed by atoms with Crippen LogP contribution in [0.25, 0.3) is 0 Å². The Morgan fingerprint density at radius 1 is 1.39 bits per heavy atom. The molecular weight excluding hydrogens is 322 g/mol. The number of furan rings is 1. The molecule has 130 valence electrons. The zero-order valence-electron chi connectivity index (χ0n) is 13.8. The van der Waals surface area contributed by atoms with Gasteiger partial charge in [0.2, 0.25) is 5.09 Å². The molecule has 1 aromatic heterocycles. The molecule has 0 aromatic carbocycles. The molecule has 1 aromatic rings. The van der Waals surface area contributed by atoms with Gasteiger partial charge in [-0.1, -0.05) is 0 Å². The number of nitrogens with one attached hydrogen (secondary N) is 2. The molecule has 1 saturated heterocycles. The lowest BCUT2D eigenvalue weighted by molar-refractivity contribution is 0.00502. The Labute approximate surface area is 136 Å². The van der Waals surface area contributed by atoms with Gasteiger partial charge in [-0.25, -0.2) is 17.9 Å². The first-order valence-electron chi connectivity index (χ1n) is 7.34. The molecule has 2 rings (SSSR count). The highest BCUT2D eigenvalue weighted by molar-refractivity contribution is 7.89. The fraction of sp³-hybridized carbons (Fsp3) is 0.643. The summed E-state index contributed by atoms with van der Waals surface area (Å²) in [4.78, 5) is 13.4. The highest BCUT2D eigenvalue weighted by atomic mass is 32.2. The van der Waals surface area contributed by atoms with Crippen LogP contribution >= 0.6 is 0 Å². The van der Waals surface area contributed by atoms with E-state index < -0.39 is 15.6 Å². The quantitative estimate of drug-likeness (QED) is 0.822. The van der Waals surface area contributed by atoms with Crippen molar-refractivity contribution in [1.82, 2.24) is 14.9 Å². The average Bonchev–Trinajstić information content (AvgIpc) is 2.84. The molecule has 0 unspecified atom stereocenters. The van der Waals surface area contributed by atoms with Gasteiger partial charge in [-0.05, 0) is 40.0 Å². The van der Waals surface area contributed by atoms with Crippen LogP contribution in [0.5, 0.6) is 0 Å². The third-order valence-electron chi connectivity index (χ3n) is 3.27. The van der Waals surface area contributed by atoms with E-state index in [-0.39, 0.29) is 17.2 Å². The molecule has 0 atom stereocenters. The molecule has 1 amide bonds. The summed E-state index contributed by atoms with van der Waals surface area (Å²) in [6, 6.07) is 3.16. The number of hydrogen-bond donors (Lipinski definition) is 2. The van der Waals surface area contributed by atoms with Crippen molar-refractivity contribution in [2.75, 3.05) is 20.1 Å². The van der Waals surface area contributed by atoms with E-state index in [4.69, 9.17) is 9.15 Å². The minimum atomic E-state index is -3.56. The number of carbonyl (C=O) groups is 1. The van der Waals surface area contributed by atoms with Crippen molar-refractivity contribution in [3.63, 3.8) is 0 Å². The Hall–Kier alpha value is -1.58. The number of hydrogen-bond acceptors (Lipinski definition) is 6. The van der Waals surface area contributed by atoms with Gasteiger partial charge in [-0.15, -0.1) is 0 Å². The molecule has 23 heavy (non-hydrogen) atoms. The van der Waals surface area contributed by atoms with Crippen LogP contribution in [0.15, 0.2) is 21.6 Å². The first-order valence-corrected chi connectivity index (χ1v) is 8.82. The van der Waals surface area contributed by atoms with Crippen LogP contribution in [0.3, 0.4) is 0 Å². The van der Waals surface area contributed by atoms with Crippen LogP contribution in [0.4, 0.5) is 4.79 Å². The van der Waals surface area contributed by atoms with Crippen molar-refractivity contribution >= 4 is 16.1 Å². The van der Waals surface area contributed by atoms with Crippen molar-refractivity contribution in [2.45, 2.75) is 44.1 Å². The zero-order valence-corrected chi connectivity index (χ0v) is 14.6. The lowest BCUT2D eigenvalue weighted by atomic mass is 10.1. The number of nitrogens with zero attached hydrogens (tertiary/aromatic N) is 1. The second-order valence-corrected chi connectivity index (χ2v) is 8.21. The van der Waals surface area contributed by atoms with Gasteiger partial charge >= 0.3 is 6.09 Å². The van der Waals surface area contributed by atoms with Crippen molar-refractivity contribution in [3.8, 4) is 0 Å². The maximum Gasteiger partial charge on any atom is 0.410 e. The number of amides is 1. The van der Waals surface area contributed by atoms with Crippen LogP contribution in [0.2, 0.25) is 0 Å². The molecule has 0 saturated carbocycles. The van der Waals surface area contributed by atoms with E-state index in [1.807, 2.05) is 20.8 Å². The van der Waals surface area contributed by atoms with Crippen molar-refractivity contribution in [2.24, 2.45) is 0 Å². The van der Waals surface area contributed by atoms with Crippen molar-refractivity contribution in [3.05, 3.63) is 17.9 Å². The summed E-state index contributed by atoms with van der Waals surface area (Å²) in [5.74, 6) is 0.523. The number of likely N-dealkylation sites (tertiary alicyclic amines) is 1. The first-order chi connectivity index (χ1) is 10.6. The van der Waals surface area contributed by atoms with Gasteiger partial charge in [0.25, 0.3) is 10.0 Å². The number of carbonyl (C=O) groups excluding carboxylic acids is 1. The van der Waals surface area contributed by atoms with E-state index >= 15 is 0 Å². The van der Waals surface area contributed by atoms with E-state index in [1.165, 1.54) is 13.1 Å². The maximum absolute atomic E-state index is 11.8. The SMILES string of the molecule is CNS(=O)(=O)c1ccc(CNC2CN(C(=O)OC(C)(C)C)C2)o1. The molecule has 0 spiro atoms. The van der Waals surface area contributed by atoms with Crippen LogP contribution in [0.1, 0.15) is 26.5 Å². The molecule has 2 N–H and O–H groups in total. The van der Waals surface area contributed by atoms with Gasteiger partial charge in [0.15, 0.2) is 0 Å². The highest BCUT2D eigenvalue weighted by Gasteiger charge is 2.33. The first kappa shape index (κ1) is 17.8. The second kappa shape index (κ2) is 6.50. The number of rotatable bonds is 5. The van der Waals surface area contributed by atoms with Gasteiger partial charge in [0, 0.05) is 19.1 Å². The molecule has 1 fully saturated rings. The number of ether oxygens (including phenoxy) is 1. The smallest absolute Gasteiger partial charge is 0.410 e. The van der Waals surface area contributed by atoms with Crippen LogP contribution in [-0.4, -0.2) is 51.2 Å². The molecule has 0 bridgehead atoms. The van der Waals surface area contributed by atoms with Crippen molar-refractivity contribution in [1.29, 1.82) is 0 Å². The summed E-state index contributed by atoms with van der Waals surface area (Å²) in [5.41, 5.74) is -0.501. The third kappa shape index (κ3) is 4.69. The minimum Gasteiger partial charge on any atom is -0.447 e. The van der Waals surface area contributed by atoms with E-state index in [9.17, 15) is 13.2 Å². The summed E-state index contributed by atoms with van der Waals surface area (Å²) in [7, 11) is -2.23. The van der Waals surface area contributed by atoms with Crippen molar-refractivity contribution < 1.29 is 22.4 Å². The fourth-order valence-electron chi connectivity index (χ4n) is 2.03. The molecule has 2 heterocycles. The van der Waals surface area contributed by atoms with E-state index in [0.29, 0.717) is 25.4 Å². The predicted octanol–water partition coefficient (Wildman–Crippen LogP) is 0.897. The highest BCUT2D eigenvalue weighted by Crippen LogP contribution is 2.17. The Morgan fingerprint density at radius 3 is 2.61 bits per heavy atom. The van der Waals surface area contributed by atoms with Crippen LogP contribution in [0, 0.1) is 0 Å². The molecule has 8 nitrogen and oxygen atoms in total. The zero-order chi connectivity index (χ0) is 17.3. The van der Waals surface area contributed by atoms with Gasteiger partial charge < -0.3 is 19.4 Å². The third-order valence-corrected chi connectivity index (χ3v) is 4.56. The van der Waals surface area contributed by atoms with Gasteiger partial charge in [0.1, 0.15) is 11.4 Å². The average molecular weight is 345 g/mol. The van der Waals surface area contributed by atoms with E-state index in [0.717, 1.165) is 0 Å². The fourth-order valence-corrected chi connectivity index (χ4v) is 2.69. The number of sulfonamides is 1.